The van der Waals surface area contributed by atoms with Gasteiger partial charge in [0, 0.05) is 6.04 Å². The quantitative estimate of drug-likeness (QED) is 0.783. The Morgan fingerprint density at radius 1 is 1.53 bits per heavy atom. The third kappa shape index (κ3) is 2.45. The van der Waals surface area contributed by atoms with Crippen molar-refractivity contribution in [1.82, 2.24) is 10.2 Å². The molecule has 2 unspecified atom stereocenters. The van der Waals surface area contributed by atoms with Crippen LogP contribution >= 0.6 is 0 Å². The number of hydrogen-bond acceptors (Lipinski definition) is 4. The largest absolute Gasteiger partial charge is 0.366 e. The second-order valence-electron chi connectivity index (χ2n) is 4.30. The number of anilines is 1. The molecule has 0 aromatic carbocycles. The number of nitrogens with one attached hydrogen (secondary N) is 1. The number of aryl methyl sites for hydroxylation is 1. The van der Waals surface area contributed by atoms with E-state index in [-0.39, 0.29) is 0 Å². The van der Waals surface area contributed by atoms with E-state index < -0.39 is 0 Å². The van der Waals surface area contributed by atoms with Gasteiger partial charge in [0.05, 0.1) is 6.20 Å². The van der Waals surface area contributed by atoms with Gasteiger partial charge in [0.2, 0.25) is 0 Å². The first-order valence-electron chi connectivity index (χ1n) is 5.55. The summed E-state index contributed by atoms with van der Waals surface area (Å²) in [6, 6.07) is 2.50. The molecule has 2 atom stereocenters. The molecule has 0 saturated heterocycles. The number of aromatic nitrogens is 2. The zero-order valence-corrected chi connectivity index (χ0v) is 9.11. The van der Waals surface area contributed by atoms with E-state index in [2.05, 4.69) is 15.5 Å². The van der Waals surface area contributed by atoms with Crippen molar-refractivity contribution >= 4 is 5.82 Å². The lowest BCUT2D eigenvalue weighted by molar-refractivity contribution is 0.515. The first-order chi connectivity index (χ1) is 7.29. The van der Waals surface area contributed by atoms with E-state index in [9.17, 15) is 0 Å². The zero-order chi connectivity index (χ0) is 10.7. The standard InChI is InChI=1S/C11H18N4/c1-8-5-11(15-13-7-8)14-10-4-2-3-9(10)6-12/h5,7,9-10H,2-4,6,12H2,1H3,(H,14,15). The summed E-state index contributed by atoms with van der Waals surface area (Å²) < 4.78 is 0. The van der Waals surface area contributed by atoms with Crippen LogP contribution in [0, 0.1) is 12.8 Å². The zero-order valence-electron chi connectivity index (χ0n) is 9.11. The van der Waals surface area contributed by atoms with Gasteiger partial charge in [0.1, 0.15) is 5.82 Å². The van der Waals surface area contributed by atoms with E-state index in [0.717, 1.165) is 17.9 Å². The molecule has 1 saturated carbocycles. The highest BCUT2D eigenvalue weighted by molar-refractivity contribution is 5.36. The van der Waals surface area contributed by atoms with Crippen molar-refractivity contribution in [2.75, 3.05) is 11.9 Å². The molecule has 15 heavy (non-hydrogen) atoms. The number of hydrogen-bond donors (Lipinski definition) is 2. The molecule has 0 bridgehead atoms. The van der Waals surface area contributed by atoms with Crippen LogP contribution in [0.25, 0.3) is 0 Å². The van der Waals surface area contributed by atoms with Crippen molar-refractivity contribution in [2.45, 2.75) is 32.2 Å². The van der Waals surface area contributed by atoms with Gasteiger partial charge in [-0.1, -0.05) is 6.42 Å². The molecule has 1 fully saturated rings. The molecule has 1 aromatic rings. The highest BCUT2D eigenvalue weighted by Crippen LogP contribution is 2.27. The van der Waals surface area contributed by atoms with Crippen LogP contribution in [0.3, 0.4) is 0 Å². The Balaban J connectivity index is 2.02. The summed E-state index contributed by atoms with van der Waals surface area (Å²) in [6.07, 6.45) is 5.45. The fourth-order valence-electron chi connectivity index (χ4n) is 2.23. The minimum atomic E-state index is 0.478. The summed E-state index contributed by atoms with van der Waals surface area (Å²) in [6.45, 7) is 2.78. The normalized spacial score (nSPS) is 25.5. The van der Waals surface area contributed by atoms with E-state index in [1.54, 1.807) is 6.20 Å². The second-order valence-corrected chi connectivity index (χ2v) is 4.30. The van der Waals surface area contributed by atoms with Crippen LogP contribution in [-0.4, -0.2) is 22.8 Å². The van der Waals surface area contributed by atoms with Crippen molar-refractivity contribution < 1.29 is 0 Å². The van der Waals surface area contributed by atoms with Gasteiger partial charge in [-0.05, 0) is 43.9 Å². The minimum Gasteiger partial charge on any atom is -0.366 e. The summed E-state index contributed by atoms with van der Waals surface area (Å²) in [5, 5.41) is 11.4. The molecule has 0 radical (unpaired) electrons. The molecule has 3 N–H and O–H groups in total. The van der Waals surface area contributed by atoms with Crippen molar-refractivity contribution in [2.24, 2.45) is 11.7 Å². The maximum absolute atomic E-state index is 5.73. The predicted molar refractivity (Wildman–Crippen MR) is 60.6 cm³/mol. The lowest BCUT2D eigenvalue weighted by atomic mass is 10.0. The number of rotatable bonds is 3. The molecule has 0 aliphatic heterocycles. The van der Waals surface area contributed by atoms with Crippen molar-refractivity contribution in [3.05, 3.63) is 17.8 Å². The topological polar surface area (TPSA) is 63.8 Å². The van der Waals surface area contributed by atoms with Crippen LogP contribution in [0.2, 0.25) is 0 Å². The van der Waals surface area contributed by atoms with E-state index in [4.69, 9.17) is 5.73 Å². The Labute approximate surface area is 90.3 Å². The summed E-state index contributed by atoms with van der Waals surface area (Å²) in [5.41, 5.74) is 6.87. The molecule has 1 heterocycles. The van der Waals surface area contributed by atoms with Gasteiger partial charge >= 0.3 is 0 Å². The van der Waals surface area contributed by atoms with Crippen molar-refractivity contribution in [3.8, 4) is 0 Å². The first-order valence-corrected chi connectivity index (χ1v) is 5.55. The fraction of sp³-hybridized carbons (Fsp3) is 0.636. The van der Waals surface area contributed by atoms with E-state index >= 15 is 0 Å². The van der Waals surface area contributed by atoms with Crippen LogP contribution in [0.15, 0.2) is 12.3 Å². The first kappa shape index (κ1) is 10.4. The van der Waals surface area contributed by atoms with Gasteiger partial charge in [-0.3, -0.25) is 0 Å². The smallest absolute Gasteiger partial charge is 0.149 e. The summed E-state index contributed by atoms with van der Waals surface area (Å²) >= 11 is 0. The van der Waals surface area contributed by atoms with E-state index in [1.807, 2.05) is 13.0 Å². The molecule has 0 spiro atoms. The van der Waals surface area contributed by atoms with Crippen LogP contribution in [-0.2, 0) is 0 Å². The Bertz CT molecular complexity index is 326. The second kappa shape index (κ2) is 4.57. The molecular weight excluding hydrogens is 188 g/mol. The Kier molecular flexibility index (Phi) is 3.16. The van der Waals surface area contributed by atoms with E-state index in [1.165, 1.54) is 19.3 Å². The van der Waals surface area contributed by atoms with Gasteiger partial charge in [0.15, 0.2) is 0 Å². The highest BCUT2D eigenvalue weighted by Gasteiger charge is 2.26. The van der Waals surface area contributed by atoms with Gasteiger partial charge < -0.3 is 11.1 Å². The molecule has 0 amide bonds. The molecule has 2 rings (SSSR count). The maximum atomic E-state index is 5.73. The SMILES string of the molecule is Cc1cnnc(NC2CCCC2CN)c1. The monoisotopic (exact) mass is 206 g/mol. The Hall–Kier alpha value is -1.16. The lowest BCUT2D eigenvalue weighted by Crippen LogP contribution is -2.29. The molecule has 1 aliphatic rings. The van der Waals surface area contributed by atoms with Gasteiger partial charge in [-0.2, -0.15) is 5.10 Å². The minimum absolute atomic E-state index is 0.478. The molecule has 1 aromatic heterocycles. The van der Waals surface area contributed by atoms with E-state index in [0.29, 0.717) is 12.0 Å². The molecule has 82 valence electrons. The number of nitrogens with two attached hydrogens (primary N) is 1. The van der Waals surface area contributed by atoms with Crippen LogP contribution in [0.5, 0.6) is 0 Å². The number of nitrogens with zero attached hydrogens (tertiary/aromatic N) is 2. The van der Waals surface area contributed by atoms with Gasteiger partial charge in [-0.15, -0.1) is 5.10 Å². The third-order valence-corrected chi connectivity index (χ3v) is 3.09. The average molecular weight is 206 g/mol. The van der Waals surface area contributed by atoms with Crippen molar-refractivity contribution in [3.63, 3.8) is 0 Å². The van der Waals surface area contributed by atoms with Crippen LogP contribution in [0.1, 0.15) is 24.8 Å². The summed E-state index contributed by atoms with van der Waals surface area (Å²) in [4.78, 5) is 0. The molecule has 4 nitrogen and oxygen atoms in total. The fourth-order valence-corrected chi connectivity index (χ4v) is 2.23. The van der Waals surface area contributed by atoms with Crippen molar-refractivity contribution in [1.29, 1.82) is 0 Å². The molecule has 1 aliphatic carbocycles. The average Bonchev–Trinajstić information content (AvgIpc) is 2.65. The summed E-state index contributed by atoms with van der Waals surface area (Å²) in [5.74, 6) is 1.47. The Morgan fingerprint density at radius 2 is 2.40 bits per heavy atom. The lowest BCUT2D eigenvalue weighted by Gasteiger charge is -2.19. The van der Waals surface area contributed by atoms with Crippen LogP contribution in [0.4, 0.5) is 5.82 Å². The Morgan fingerprint density at radius 3 is 3.13 bits per heavy atom. The summed E-state index contributed by atoms with van der Waals surface area (Å²) in [7, 11) is 0. The maximum Gasteiger partial charge on any atom is 0.149 e. The van der Waals surface area contributed by atoms with Gasteiger partial charge in [0.25, 0.3) is 0 Å². The third-order valence-electron chi connectivity index (χ3n) is 3.09. The molecule has 4 heteroatoms. The molecular formula is C11H18N4. The van der Waals surface area contributed by atoms with Crippen LogP contribution < -0.4 is 11.1 Å². The highest BCUT2D eigenvalue weighted by atomic mass is 15.2. The predicted octanol–water partition coefficient (Wildman–Crippen LogP) is 1.32. The van der Waals surface area contributed by atoms with Gasteiger partial charge in [-0.25, -0.2) is 0 Å².